The molecule has 60 heavy (non-hydrogen) atoms. The molecule has 0 spiro atoms. The Morgan fingerprint density at radius 3 is 1.50 bits per heavy atom. The Morgan fingerprint density at radius 1 is 0.467 bits per heavy atom. The van der Waals surface area contributed by atoms with Crippen molar-refractivity contribution in [1.29, 1.82) is 0 Å². The molecule has 0 amide bonds. The highest BCUT2D eigenvalue weighted by molar-refractivity contribution is 5.93. The first-order valence-electron chi connectivity index (χ1n) is 20.3. The van der Waals surface area contributed by atoms with Gasteiger partial charge in [-0.05, 0) is 116 Å². The molecule has 0 aliphatic rings. The number of aliphatic hydroxyl groups excluding tert-OH is 1. The lowest BCUT2D eigenvalue weighted by Gasteiger charge is -2.18. The number of pyridine rings is 2. The number of benzene rings is 7. The number of aromatic nitrogens is 2. The SMILES string of the molecule is CC(O)=CC(=O)CCc1ccccc1-c1cc(-c2ccccc2-c2ccc(-c3ccccn3)cc2)cc(-c2ccccc2-c2ccc(-c3cc4ccccc4cn3)cc2)c1. The lowest BCUT2D eigenvalue weighted by Crippen LogP contribution is -1.99. The van der Waals surface area contributed by atoms with Gasteiger partial charge in [0.05, 0.1) is 17.1 Å². The highest BCUT2D eigenvalue weighted by Crippen LogP contribution is 2.41. The van der Waals surface area contributed by atoms with Gasteiger partial charge >= 0.3 is 0 Å². The van der Waals surface area contributed by atoms with Gasteiger partial charge in [-0.15, -0.1) is 0 Å². The largest absolute Gasteiger partial charge is 0.512 e. The maximum atomic E-state index is 12.7. The zero-order valence-electron chi connectivity index (χ0n) is 33.3. The minimum absolute atomic E-state index is 0.0225. The van der Waals surface area contributed by atoms with E-state index in [4.69, 9.17) is 4.98 Å². The zero-order chi connectivity index (χ0) is 40.8. The molecule has 0 fully saturated rings. The van der Waals surface area contributed by atoms with Crippen LogP contribution in [0.5, 0.6) is 0 Å². The summed E-state index contributed by atoms with van der Waals surface area (Å²) in [7, 11) is 0. The van der Waals surface area contributed by atoms with Crippen LogP contribution in [0.1, 0.15) is 18.9 Å². The van der Waals surface area contributed by atoms with Crippen LogP contribution < -0.4 is 0 Å². The molecule has 0 unspecified atom stereocenters. The zero-order valence-corrected chi connectivity index (χ0v) is 33.3. The summed E-state index contributed by atoms with van der Waals surface area (Å²) in [4.78, 5) is 22.0. The van der Waals surface area contributed by atoms with Gasteiger partial charge in [-0.1, -0.05) is 152 Å². The van der Waals surface area contributed by atoms with Crippen LogP contribution in [0, 0.1) is 0 Å². The molecule has 4 nitrogen and oxygen atoms in total. The molecular formula is C56H42N2O2. The van der Waals surface area contributed by atoms with Crippen molar-refractivity contribution in [2.24, 2.45) is 0 Å². The van der Waals surface area contributed by atoms with Gasteiger partial charge in [0.1, 0.15) is 0 Å². The highest BCUT2D eigenvalue weighted by Gasteiger charge is 2.16. The van der Waals surface area contributed by atoms with Gasteiger partial charge in [-0.2, -0.15) is 0 Å². The Hall–Kier alpha value is -7.69. The second-order valence-electron chi connectivity index (χ2n) is 15.1. The summed E-state index contributed by atoms with van der Waals surface area (Å²) in [5.74, 6) is -0.0760. The summed E-state index contributed by atoms with van der Waals surface area (Å²) in [5, 5.41) is 12.0. The van der Waals surface area contributed by atoms with Crippen molar-refractivity contribution in [2.45, 2.75) is 19.8 Å². The molecule has 9 aromatic rings. The second kappa shape index (κ2) is 17.0. The van der Waals surface area contributed by atoms with Crippen LogP contribution in [0.3, 0.4) is 0 Å². The van der Waals surface area contributed by atoms with Crippen LogP contribution in [-0.2, 0) is 11.2 Å². The predicted molar refractivity (Wildman–Crippen MR) is 247 cm³/mol. The number of aliphatic hydroxyl groups is 1. The van der Waals surface area contributed by atoms with E-state index >= 15 is 0 Å². The Morgan fingerprint density at radius 2 is 0.933 bits per heavy atom. The highest BCUT2D eigenvalue weighted by atomic mass is 16.3. The number of carbonyl (C=O) groups is 1. The summed E-state index contributed by atoms with van der Waals surface area (Å²) < 4.78 is 0. The van der Waals surface area contributed by atoms with Crippen molar-refractivity contribution in [2.75, 3.05) is 0 Å². The summed E-state index contributed by atoms with van der Waals surface area (Å²) >= 11 is 0. The average Bonchev–Trinajstić information content (AvgIpc) is 3.31. The quantitative estimate of drug-likeness (QED) is 0.105. The first kappa shape index (κ1) is 37.9. The minimum Gasteiger partial charge on any atom is -0.512 e. The molecule has 4 heteroatoms. The van der Waals surface area contributed by atoms with Crippen LogP contribution in [0.15, 0.2) is 212 Å². The third-order valence-corrected chi connectivity index (χ3v) is 11.0. The number of hydrogen-bond acceptors (Lipinski definition) is 4. The van der Waals surface area contributed by atoms with Crippen molar-refractivity contribution in [3.05, 3.63) is 218 Å². The van der Waals surface area contributed by atoms with Crippen LogP contribution in [0.4, 0.5) is 0 Å². The number of nitrogens with zero attached hydrogens (tertiary/aromatic N) is 2. The van der Waals surface area contributed by atoms with Crippen molar-refractivity contribution >= 4 is 16.6 Å². The monoisotopic (exact) mass is 774 g/mol. The summed E-state index contributed by atoms with van der Waals surface area (Å²) in [6.45, 7) is 1.53. The van der Waals surface area contributed by atoms with Crippen molar-refractivity contribution < 1.29 is 9.90 Å². The molecule has 0 radical (unpaired) electrons. The Labute approximate surface area is 350 Å². The number of rotatable bonds is 11. The number of hydrogen-bond donors (Lipinski definition) is 1. The third kappa shape index (κ3) is 8.18. The van der Waals surface area contributed by atoms with Crippen LogP contribution >= 0.6 is 0 Å². The normalized spacial score (nSPS) is 11.4. The molecule has 288 valence electrons. The van der Waals surface area contributed by atoms with E-state index in [1.807, 2.05) is 42.7 Å². The fourth-order valence-electron chi connectivity index (χ4n) is 8.07. The number of ketones is 1. The van der Waals surface area contributed by atoms with Gasteiger partial charge in [0.25, 0.3) is 0 Å². The molecule has 0 aliphatic carbocycles. The van der Waals surface area contributed by atoms with Gasteiger partial charge in [-0.3, -0.25) is 14.8 Å². The maximum absolute atomic E-state index is 12.7. The van der Waals surface area contributed by atoms with Crippen LogP contribution in [0.2, 0.25) is 0 Å². The lowest BCUT2D eigenvalue weighted by molar-refractivity contribution is -0.114. The van der Waals surface area contributed by atoms with Gasteiger partial charge in [-0.25, -0.2) is 0 Å². The minimum atomic E-state index is -0.0985. The predicted octanol–water partition coefficient (Wildman–Crippen LogP) is 14.3. The first-order chi connectivity index (χ1) is 29.5. The molecule has 1 N–H and O–H groups in total. The lowest BCUT2D eigenvalue weighted by atomic mass is 9.86. The van der Waals surface area contributed by atoms with Gasteiger partial charge in [0, 0.05) is 41.4 Å². The van der Waals surface area contributed by atoms with E-state index in [1.165, 1.54) is 18.4 Å². The average molecular weight is 775 g/mol. The van der Waals surface area contributed by atoms with E-state index in [2.05, 4.69) is 163 Å². The van der Waals surface area contributed by atoms with E-state index in [0.29, 0.717) is 12.8 Å². The van der Waals surface area contributed by atoms with Crippen LogP contribution in [-0.4, -0.2) is 20.9 Å². The summed E-state index contributed by atoms with van der Waals surface area (Å²) in [6.07, 6.45) is 5.92. The summed E-state index contributed by atoms with van der Waals surface area (Å²) in [6, 6.07) is 66.1. The van der Waals surface area contributed by atoms with E-state index in [9.17, 15) is 9.90 Å². The molecule has 0 saturated carbocycles. The molecule has 0 bridgehead atoms. The van der Waals surface area contributed by atoms with Gasteiger partial charge < -0.3 is 5.11 Å². The fourth-order valence-corrected chi connectivity index (χ4v) is 8.07. The van der Waals surface area contributed by atoms with Gasteiger partial charge in [0.15, 0.2) is 5.78 Å². The molecule has 9 rings (SSSR count). The molecule has 0 aliphatic heterocycles. The van der Waals surface area contributed by atoms with Crippen LogP contribution in [0.25, 0.3) is 88.9 Å². The Bertz CT molecular complexity index is 3000. The maximum Gasteiger partial charge on any atom is 0.159 e. The number of aryl methyl sites for hydroxylation is 1. The second-order valence-corrected chi connectivity index (χ2v) is 15.1. The van der Waals surface area contributed by atoms with Gasteiger partial charge in [0.2, 0.25) is 0 Å². The Balaban J connectivity index is 1.15. The van der Waals surface area contributed by atoms with Crippen molar-refractivity contribution in [3.63, 3.8) is 0 Å². The van der Waals surface area contributed by atoms with E-state index in [1.54, 1.807) is 0 Å². The standard InChI is InChI=1S/C56H42N2O2/c1-38(59)32-49(60)30-29-39-12-4-5-15-50(39)46-33-47(53-18-8-6-16-51(53)40-21-25-42(26-22-40)55-20-10-11-31-57-55)35-48(34-46)54-19-9-7-17-52(54)41-23-27-43(28-24-41)56-36-44-13-2-3-14-45(44)37-58-56/h2-28,31-37,59H,29-30H2,1H3. The molecule has 0 saturated heterocycles. The molecule has 2 aromatic heterocycles. The number of carbonyl (C=O) groups excluding carboxylic acids is 1. The van der Waals surface area contributed by atoms with E-state index in [0.717, 1.165) is 89.1 Å². The third-order valence-electron chi connectivity index (χ3n) is 11.0. The fraction of sp³-hybridized carbons (Fsp3) is 0.0536. The van der Waals surface area contributed by atoms with E-state index < -0.39 is 0 Å². The molecule has 0 atom stereocenters. The molecular weight excluding hydrogens is 733 g/mol. The first-order valence-corrected chi connectivity index (χ1v) is 20.3. The topological polar surface area (TPSA) is 63.1 Å². The number of allylic oxidation sites excluding steroid dienone is 2. The number of fused-ring (bicyclic) bond motifs is 1. The Kier molecular flexibility index (Phi) is 10.8. The molecule has 2 heterocycles. The van der Waals surface area contributed by atoms with Crippen molar-refractivity contribution in [3.8, 4) is 78.1 Å². The summed E-state index contributed by atoms with van der Waals surface area (Å²) in [5.41, 5.74) is 16.1. The van der Waals surface area contributed by atoms with E-state index in [-0.39, 0.29) is 11.5 Å². The smallest absolute Gasteiger partial charge is 0.159 e. The van der Waals surface area contributed by atoms with Crippen molar-refractivity contribution in [1.82, 2.24) is 9.97 Å². The molecule has 7 aromatic carbocycles.